The van der Waals surface area contributed by atoms with Crippen molar-refractivity contribution in [2.75, 3.05) is 5.75 Å². The van der Waals surface area contributed by atoms with Gasteiger partial charge in [-0.3, -0.25) is 0 Å². The summed E-state index contributed by atoms with van der Waals surface area (Å²) in [6.07, 6.45) is 2.31. The van der Waals surface area contributed by atoms with E-state index in [9.17, 15) is 0 Å². The average Bonchev–Trinajstić information content (AvgIpc) is 2.83. The summed E-state index contributed by atoms with van der Waals surface area (Å²) in [5.74, 6) is 0.835. The van der Waals surface area contributed by atoms with Gasteiger partial charge in [0.15, 0.2) is 4.34 Å². The van der Waals surface area contributed by atoms with Crippen molar-refractivity contribution in [3.8, 4) is 0 Å². The Hall–Kier alpha value is -0.910. The predicted molar refractivity (Wildman–Crippen MR) is 82.7 cm³/mol. The molecular formula is C14H19N3S2. The minimum absolute atomic E-state index is 0.0462. The van der Waals surface area contributed by atoms with Crippen molar-refractivity contribution in [3.05, 3.63) is 40.4 Å². The first kappa shape index (κ1) is 14.5. The maximum Gasteiger partial charge on any atom is 0.174 e. The van der Waals surface area contributed by atoms with Crippen LogP contribution in [0.2, 0.25) is 0 Å². The zero-order valence-corrected chi connectivity index (χ0v) is 12.9. The molecular weight excluding hydrogens is 274 g/mol. The van der Waals surface area contributed by atoms with E-state index in [1.54, 1.807) is 23.1 Å². The molecule has 0 fully saturated rings. The van der Waals surface area contributed by atoms with Crippen LogP contribution in [0.3, 0.4) is 0 Å². The molecule has 0 aliphatic carbocycles. The van der Waals surface area contributed by atoms with Crippen LogP contribution in [0, 0.1) is 6.92 Å². The molecule has 2 N–H and O–H groups in total. The maximum absolute atomic E-state index is 6.21. The van der Waals surface area contributed by atoms with Crippen molar-refractivity contribution in [2.24, 2.45) is 5.73 Å². The first-order valence-corrected chi connectivity index (χ1v) is 8.26. The maximum atomic E-state index is 6.21. The van der Waals surface area contributed by atoms with Gasteiger partial charge in [-0.15, -0.1) is 10.2 Å². The predicted octanol–water partition coefficient (Wildman–Crippen LogP) is 3.59. The molecule has 1 unspecified atom stereocenters. The first-order valence-electron chi connectivity index (χ1n) is 6.46. The van der Waals surface area contributed by atoms with Gasteiger partial charge in [0.05, 0.1) is 0 Å². The standard InChI is InChI=1S/C14H19N3S2/c1-3-4-11-5-7-12(8-6-11)13(15)9-18-14-17-16-10(2)19-14/h5-8,13H,3-4,9,15H2,1-2H3. The van der Waals surface area contributed by atoms with Crippen molar-refractivity contribution in [2.45, 2.75) is 37.1 Å². The molecule has 1 atom stereocenters. The van der Waals surface area contributed by atoms with E-state index in [1.165, 1.54) is 17.5 Å². The average molecular weight is 293 g/mol. The van der Waals surface area contributed by atoms with E-state index in [0.29, 0.717) is 0 Å². The fourth-order valence-electron chi connectivity index (χ4n) is 1.81. The van der Waals surface area contributed by atoms with Crippen LogP contribution in [0.15, 0.2) is 28.6 Å². The number of aryl methyl sites for hydroxylation is 2. The van der Waals surface area contributed by atoms with Crippen LogP contribution in [-0.4, -0.2) is 16.0 Å². The Morgan fingerprint density at radius 3 is 2.58 bits per heavy atom. The van der Waals surface area contributed by atoms with E-state index in [4.69, 9.17) is 5.73 Å². The van der Waals surface area contributed by atoms with Crippen LogP contribution in [-0.2, 0) is 6.42 Å². The Kier molecular flexibility index (Phi) is 5.36. The highest BCUT2D eigenvalue weighted by atomic mass is 32.2. The number of nitrogens with zero attached hydrogens (tertiary/aromatic N) is 2. The van der Waals surface area contributed by atoms with Gasteiger partial charge in [-0.2, -0.15) is 0 Å². The molecule has 0 aliphatic rings. The third-order valence-corrected chi connectivity index (χ3v) is 4.93. The second kappa shape index (κ2) is 7.03. The van der Waals surface area contributed by atoms with Gasteiger partial charge in [0.1, 0.15) is 5.01 Å². The molecule has 1 heterocycles. The summed E-state index contributed by atoms with van der Waals surface area (Å²) in [4.78, 5) is 0. The Morgan fingerprint density at radius 2 is 2.00 bits per heavy atom. The molecule has 0 amide bonds. The molecule has 102 valence electrons. The molecule has 0 spiro atoms. The molecule has 5 heteroatoms. The summed E-state index contributed by atoms with van der Waals surface area (Å²) in [7, 11) is 0. The van der Waals surface area contributed by atoms with Crippen LogP contribution in [0.25, 0.3) is 0 Å². The highest BCUT2D eigenvalue weighted by molar-refractivity contribution is 8.01. The third kappa shape index (κ3) is 4.30. The molecule has 2 aromatic rings. The summed E-state index contributed by atoms with van der Waals surface area (Å²) in [5.41, 5.74) is 8.78. The van der Waals surface area contributed by atoms with Gasteiger partial charge < -0.3 is 5.73 Å². The molecule has 0 saturated heterocycles. The molecule has 1 aromatic carbocycles. The third-order valence-electron chi connectivity index (χ3n) is 2.84. The Morgan fingerprint density at radius 1 is 1.26 bits per heavy atom. The van der Waals surface area contributed by atoms with Crippen LogP contribution >= 0.6 is 23.1 Å². The van der Waals surface area contributed by atoms with Crippen molar-refractivity contribution in [1.29, 1.82) is 0 Å². The largest absolute Gasteiger partial charge is 0.323 e. The van der Waals surface area contributed by atoms with E-state index in [0.717, 1.165) is 21.5 Å². The molecule has 1 aromatic heterocycles. The van der Waals surface area contributed by atoms with E-state index in [1.807, 2.05) is 6.92 Å². The van der Waals surface area contributed by atoms with Gasteiger partial charge >= 0.3 is 0 Å². The number of nitrogens with two attached hydrogens (primary N) is 1. The number of benzene rings is 1. The van der Waals surface area contributed by atoms with Crippen molar-refractivity contribution in [3.63, 3.8) is 0 Å². The molecule has 0 aliphatic heterocycles. The number of hydrogen-bond acceptors (Lipinski definition) is 5. The van der Waals surface area contributed by atoms with E-state index >= 15 is 0 Å². The van der Waals surface area contributed by atoms with Crippen LogP contribution in [0.5, 0.6) is 0 Å². The van der Waals surface area contributed by atoms with Gasteiger partial charge in [-0.05, 0) is 24.5 Å². The summed E-state index contributed by atoms with van der Waals surface area (Å²) in [6.45, 7) is 4.16. The summed E-state index contributed by atoms with van der Waals surface area (Å²) in [6, 6.07) is 8.69. The monoisotopic (exact) mass is 293 g/mol. The van der Waals surface area contributed by atoms with Crippen molar-refractivity contribution in [1.82, 2.24) is 10.2 Å². The number of rotatable bonds is 6. The highest BCUT2D eigenvalue weighted by Crippen LogP contribution is 2.26. The molecule has 19 heavy (non-hydrogen) atoms. The van der Waals surface area contributed by atoms with E-state index in [2.05, 4.69) is 41.4 Å². The van der Waals surface area contributed by atoms with Crippen LogP contribution < -0.4 is 5.73 Å². The van der Waals surface area contributed by atoms with Crippen molar-refractivity contribution >= 4 is 23.1 Å². The Balaban J connectivity index is 1.90. The molecule has 0 bridgehead atoms. The van der Waals surface area contributed by atoms with Crippen LogP contribution in [0.1, 0.15) is 35.5 Å². The van der Waals surface area contributed by atoms with Gasteiger partial charge in [0.25, 0.3) is 0 Å². The summed E-state index contributed by atoms with van der Waals surface area (Å²) in [5, 5.41) is 9.10. The molecule has 3 nitrogen and oxygen atoms in total. The SMILES string of the molecule is CCCc1ccc(C(N)CSc2nnc(C)s2)cc1. The van der Waals surface area contributed by atoms with Gasteiger partial charge in [0, 0.05) is 11.8 Å². The Labute approximate surface area is 122 Å². The number of thioether (sulfide) groups is 1. The zero-order valence-electron chi connectivity index (χ0n) is 11.3. The van der Waals surface area contributed by atoms with E-state index in [-0.39, 0.29) is 6.04 Å². The van der Waals surface area contributed by atoms with E-state index < -0.39 is 0 Å². The normalized spacial score (nSPS) is 12.6. The highest BCUT2D eigenvalue weighted by Gasteiger charge is 2.09. The quantitative estimate of drug-likeness (QED) is 0.827. The molecule has 0 radical (unpaired) electrons. The van der Waals surface area contributed by atoms with Crippen LogP contribution in [0.4, 0.5) is 0 Å². The fourth-order valence-corrected chi connectivity index (χ4v) is 3.65. The smallest absolute Gasteiger partial charge is 0.174 e. The van der Waals surface area contributed by atoms with Gasteiger partial charge in [0.2, 0.25) is 0 Å². The number of hydrogen-bond donors (Lipinski definition) is 1. The van der Waals surface area contributed by atoms with Crippen molar-refractivity contribution < 1.29 is 0 Å². The Bertz CT molecular complexity index is 508. The van der Waals surface area contributed by atoms with Gasteiger partial charge in [-0.25, -0.2) is 0 Å². The lowest BCUT2D eigenvalue weighted by Gasteiger charge is -2.11. The summed E-state index contributed by atoms with van der Waals surface area (Å²) >= 11 is 3.30. The molecule has 2 rings (SSSR count). The second-order valence-electron chi connectivity index (χ2n) is 4.50. The zero-order chi connectivity index (χ0) is 13.7. The minimum atomic E-state index is 0.0462. The number of aromatic nitrogens is 2. The lowest BCUT2D eigenvalue weighted by Crippen LogP contribution is -2.12. The summed E-state index contributed by atoms with van der Waals surface area (Å²) < 4.78 is 0.996. The lowest BCUT2D eigenvalue weighted by molar-refractivity contribution is 0.827. The molecule has 0 saturated carbocycles. The fraction of sp³-hybridized carbons (Fsp3) is 0.429. The second-order valence-corrected chi connectivity index (χ2v) is 6.94. The topological polar surface area (TPSA) is 51.8 Å². The lowest BCUT2D eigenvalue weighted by atomic mass is 10.0. The minimum Gasteiger partial charge on any atom is -0.323 e. The first-order chi connectivity index (χ1) is 9.19. The van der Waals surface area contributed by atoms with Gasteiger partial charge in [-0.1, -0.05) is 60.7 Å².